The van der Waals surface area contributed by atoms with Crippen LogP contribution in [0.25, 0.3) is 0 Å². The summed E-state index contributed by atoms with van der Waals surface area (Å²) < 4.78 is 5.09. The normalized spacial score (nSPS) is 18.7. The molecule has 102 valence electrons. The van der Waals surface area contributed by atoms with E-state index in [1.165, 1.54) is 25.9 Å². The fourth-order valence-corrected chi connectivity index (χ4v) is 2.44. The molecule has 0 aromatic carbocycles. The third-order valence-corrected chi connectivity index (χ3v) is 3.60. The summed E-state index contributed by atoms with van der Waals surface area (Å²) in [5.74, 6) is 1.45. The second-order valence-corrected chi connectivity index (χ2v) is 5.34. The van der Waals surface area contributed by atoms with E-state index in [1.54, 1.807) is 0 Å². The molecule has 0 atom stereocenters. The average Bonchev–Trinajstić information content (AvgIpc) is 2.76. The van der Waals surface area contributed by atoms with Gasteiger partial charge in [0.15, 0.2) is 5.82 Å². The number of piperidine rings is 1. The SMILES string of the molecule is Cc1noc(CCNC2CCN(C(C)C)CC2)n1. The minimum Gasteiger partial charge on any atom is -0.339 e. The van der Waals surface area contributed by atoms with Gasteiger partial charge in [-0.3, -0.25) is 0 Å². The van der Waals surface area contributed by atoms with Crippen molar-refractivity contribution in [2.75, 3.05) is 19.6 Å². The van der Waals surface area contributed by atoms with Crippen LogP contribution in [0.3, 0.4) is 0 Å². The fourth-order valence-electron chi connectivity index (χ4n) is 2.44. The van der Waals surface area contributed by atoms with E-state index in [0.717, 1.165) is 24.7 Å². The highest BCUT2D eigenvalue weighted by atomic mass is 16.5. The van der Waals surface area contributed by atoms with E-state index in [1.807, 2.05) is 6.92 Å². The molecule has 0 bridgehead atoms. The molecule has 0 aliphatic carbocycles. The van der Waals surface area contributed by atoms with Crippen LogP contribution in [0.5, 0.6) is 0 Å². The van der Waals surface area contributed by atoms with E-state index in [9.17, 15) is 0 Å². The largest absolute Gasteiger partial charge is 0.339 e. The maximum absolute atomic E-state index is 5.09. The van der Waals surface area contributed by atoms with E-state index in [4.69, 9.17) is 4.52 Å². The topological polar surface area (TPSA) is 54.2 Å². The molecule has 0 saturated carbocycles. The van der Waals surface area contributed by atoms with Gasteiger partial charge in [-0.2, -0.15) is 4.98 Å². The second kappa shape index (κ2) is 6.29. The molecule has 5 nitrogen and oxygen atoms in total. The summed E-state index contributed by atoms with van der Waals surface area (Å²) in [7, 11) is 0. The lowest BCUT2D eigenvalue weighted by Crippen LogP contribution is -2.45. The first-order valence-corrected chi connectivity index (χ1v) is 6.92. The van der Waals surface area contributed by atoms with E-state index < -0.39 is 0 Å². The molecule has 5 heteroatoms. The second-order valence-electron chi connectivity index (χ2n) is 5.34. The van der Waals surface area contributed by atoms with Crippen molar-refractivity contribution >= 4 is 0 Å². The molecule has 1 aliphatic rings. The zero-order chi connectivity index (χ0) is 13.0. The number of aryl methyl sites for hydroxylation is 1. The average molecular weight is 252 g/mol. The van der Waals surface area contributed by atoms with Gasteiger partial charge in [-0.25, -0.2) is 0 Å². The van der Waals surface area contributed by atoms with Crippen molar-refractivity contribution in [2.45, 2.75) is 52.1 Å². The van der Waals surface area contributed by atoms with Gasteiger partial charge in [-0.15, -0.1) is 0 Å². The summed E-state index contributed by atoms with van der Waals surface area (Å²) in [6.45, 7) is 9.72. The number of rotatable bonds is 5. The first-order valence-electron chi connectivity index (χ1n) is 6.92. The number of hydrogen-bond donors (Lipinski definition) is 1. The van der Waals surface area contributed by atoms with Crippen molar-refractivity contribution < 1.29 is 4.52 Å². The number of hydrogen-bond acceptors (Lipinski definition) is 5. The van der Waals surface area contributed by atoms with Gasteiger partial charge < -0.3 is 14.7 Å². The van der Waals surface area contributed by atoms with Crippen LogP contribution in [-0.4, -0.2) is 46.8 Å². The number of likely N-dealkylation sites (tertiary alicyclic amines) is 1. The zero-order valence-corrected chi connectivity index (χ0v) is 11.6. The van der Waals surface area contributed by atoms with Crippen LogP contribution >= 0.6 is 0 Å². The molecule has 0 amide bonds. The molecule has 1 aromatic heterocycles. The number of aromatic nitrogens is 2. The summed E-state index contributed by atoms with van der Waals surface area (Å²) in [6, 6.07) is 1.32. The van der Waals surface area contributed by atoms with Crippen molar-refractivity contribution in [1.82, 2.24) is 20.4 Å². The van der Waals surface area contributed by atoms with Crippen LogP contribution in [0.2, 0.25) is 0 Å². The Labute approximate surface area is 109 Å². The molecule has 1 aromatic rings. The number of nitrogens with one attached hydrogen (secondary N) is 1. The van der Waals surface area contributed by atoms with Gasteiger partial charge in [0.25, 0.3) is 0 Å². The Bertz CT molecular complexity index is 356. The molecular formula is C13H24N4O. The van der Waals surface area contributed by atoms with E-state index in [-0.39, 0.29) is 0 Å². The lowest BCUT2D eigenvalue weighted by molar-refractivity contribution is 0.161. The Kier molecular flexibility index (Phi) is 4.72. The molecule has 1 fully saturated rings. The van der Waals surface area contributed by atoms with Crippen LogP contribution in [-0.2, 0) is 6.42 Å². The van der Waals surface area contributed by atoms with Gasteiger partial charge in [0.1, 0.15) is 0 Å². The van der Waals surface area contributed by atoms with Crippen LogP contribution in [0.4, 0.5) is 0 Å². The summed E-state index contributed by atoms with van der Waals surface area (Å²) in [4.78, 5) is 6.74. The van der Waals surface area contributed by atoms with Crippen molar-refractivity contribution in [3.8, 4) is 0 Å². The smallest absolute Gasteiger partial charge is 0.227 e. The minimum atomic E-state index is 0.643. The third-order valence-electron chi connectivity index (χ3n) is 3.60. The molecule has 2 heterocycles. The lowest BCUT2D eigenvalue weighted by Gasteiger charge is -2.34. The fraction of sp³-hybridized carbons (Fsp3) is 0.846. The van der Waals surface area contributed by atoms with Crippen LogP contribution in [0.15, 0.2) is 4.52 Å². The van der Waals surface area contributed by atoms with Crippen LogP contribution in [0, 0.1) is 6.92 Å². The van der Waals surface area contributed by atoms with Crippen molar-refractivity contribution in [3.05, 3.63) is 11.7 Å². The van der Waals surface area contributed by atoms with Gasteiger partial charge in [0, 0.05) is 25.0 Å². The molecule has 1 aliphatic heterocycles. The van der Waals surface area contributed by atoms with Gasteiger partial charge in [-0.1, -0.05) is 5.16 Å². The Morgan fingerprint density at radius 1 is 1.39 bits per heavy atom. The maximum atomic E-state index is 5.09. The molecule has 0 unspecified atom stereocenters. The van der Waals surface area contributed by atoms with Gasteiger partial charge in [0.05, 0.1) is 0 Å². The minimum absolute atomic E-state index is 0.643. The summed E-state index contributed by atoms with van der Waals surface area (Å²) in [6.07, 6.45) is 3.30. The molecular weight excluding hydrogens is 228 g/mol. The lowest BCUT2D eigenvalue weighted by atomic mass is 10.0. The summed E-state index contributed by atoms with van der Waals surface area (Å²) >= 11 is 0. The first kappa shape index (κ1) is 13.5. The highest BCUT2D eigenvalue weighted by Gasteiger charge is 2.20. The monoisotopic (exact) mass is 252 g/mol. The molecule has 1 saturated heterocycles. The standard InChI is InChI=1S/C13H24N4O/c1-10(2)17-8-5-12(6-9-17)14-7-4-13-15-11(3)16-18-13/h10,12,14H,4-9H2,1-3H3. The van der Waals surface area contributed by atoms with Crippen molar-refractivity contribution in [1.29, 1.82) is 0 Å². The third kappa shape index (κ3) is 3.78. The van der Waals surface area contributed by atoms with Crippen LogP contribution in [0.1, 0.15) is 38.4 Å². The van der Waals surface area contributed by atoms with Gasteiger partial charge >= 0.3 is 0 Å². The van der Waals surface area contributed by atoms with Crippen molar-refractivity contribution in [2.24, 2.45) is 0 Å². The van der Waals surface area contributed by atoms with E-state index >= 15 is 0 Å². The Balaban J connectivity index is 1.63. The molecule has 2 rings (SSSR count). The molecule has 1 N–H and O–H groups in total. The Hall–Kier alpha value is -0.940. The van der Waals surface area contributed by atoms with Gasteiger partial charge in [-0.05, 0) is 46.7 Å². The van der Waals surface area contributed by atoms with Crippen LogP contribution < -0.4 is 5.32 Å². The van der Waals surface area contributed by atoms with Gasteiger partial charge in [0.2, 0.25) is 5.89 Å². The molecule has 0 radical (unpaired) electrons. The summed E-state index contributed by atoms with van der Waals surface area (Å²) in [5.41, 5.74) is 0. The highest BCUT2D eigenvalue weighted by Crippen LogP contribution is 2.12. The Morgan fingerprint density at radius 2 is 2.11 bits per heavy atom. The highest BCUT2D eigenvalue weighted by molar-refractivity contribution is 4.85. The van der Waals surface area contributed by atoms with E-state index in [0.29, 0.717) is 12.1 Å². The maximum Gasteiger partial charge on any atom is 0.227 e. The quantitative estimate of drug-likeness (QED) is 0.858. The van der Waals surface area contributed by atoms with Crippen molar-refractivity contribution in [3.63, 3.8) is 0 Å². The predicted molar refractivity (Wildman–Crippen MR) is 70.5 cm³/mol. The molecule has 18 heavy (non-hydrogen) atoms. The Morgan fingerprint density at radius 3 is 2.67 bits per heavy atom. The summed E-state index contributed by atoms with van der Waals surface area (Å²) in [5, 5.41) is 7.38. The first-order chi connectivity index (χ1) is 8.65. The predicted octanol–water partition coefficient (Wildman–Crippen LogP) is 1.38. The molecule has 0 spiro atoms. The van der Waals surface area contributed by atoms with E-state index in [2.05, 4.69) is 34.2 Å². The number of nitrogens with zero attached hydrogens (tertiary/aromatic N) is 3. The zero-order valence-electron chi connectivity index (χ0n) is 11.6.